The van der Waals surface area contributed by atoms with Crippen LogP contribution in [0.2, 0.25) is 0 Å². The van der Waals surface area contributed by atoms with Crippen molar-refractivity contribution in [1.29, 1.82) is 0 Å². The second kappa shape index (κ2) is 8.50. The highest BCUT2D eigenvalue weighted by Crippen LogP contribution is 2.33. The summed E-state index contributed by atoms with van der Waals surface area (Å²) in [7, 11) is 3.93. The van der Waals surface area contributed by atoms with E-state index in [1.54, 1.807) is 5.38 Å². The van der Waals surface area contributed by atoms with Crippen LogP contribution < -0.4 is 15.5 Å². The standard InChI is InChI=1S/C22H24N4O4S/c1-25(2)14-5-3-13(4-6-14)9-20(28)23-10-18-15-11-26(22(30)16(15)12-31-18)17-7-8-19(27)24-21(17)29/h3-6,12,17H,7-11H2,1-2H3,(H,23,28)(H,24,27,29). The van der Waals surface area contributed by atoms with Crippen LogP contribution in [0.25, 0.3) is 0 Å². The fraction of sp³-hybridized carbons (Fsp3) is 0.364. The van der Waals surface area contributed by atoms with Gasteiger partial charge in [-0.25, -0.2) is 0 Å². The zero-order chi connectivity index (χ0) is 22.1. The van der Waals surface area contributed by atoms with Gasteiger partial charge in [0.15, 0.2) is 0 Å². The zero-order valence-electron chi connectivity index (χ0n) is 17.4. The molecule has 0 aliphatic carbocycles. The summed E-state index contributed by atoms with van der Waals surface area (Å²) in [4.78, 5) is 53.1. The topological polar surface area (TPSA) is 98.8 Å². The van der Waals surface area contributed by atoms with E-state index in [1.165, 1.54) is 16.2 Å². The predicted octanol–water partition coefficient (Wildman–Crippen LogP) is 1.43. The van der Waals surface area contributed by atoms with Crippen LogP contribution in [-0.2, 0) is 33.9 Å². The number of benzene rings is 1. The predicted molar refractivity (Wildman–Crippen MR) is 117 cm³/mol. The van der Waals surface area contributed by atoms with Gasteiger partial charge in [0.05, 0.1) is 18.5 Å². The van der Waals surface area contributed by atoms with E-state index in [2.05, 4.69) is 10.6 Å². The molecule has 1 fully saturated rings. The van der Waals surface area contributed by atoms with Crippen LogP contribution in [0.5, 0.6) is 0 Å². The molecule has 2 N–H and O–H groups in total. The monoisotopic (exact) mass is 440 g/mol. The van der Waals surface area contributed by atoms with Crippen molar-refractivity contribution in [2.24, 2.45) is 0 Å². The van der Waals surface area contributed by atoms with Crippen molar-refractivity contribution in [1.82, 2.24) is 15.5 Å². The van der Waals surface area contributed by atoms with E-state index in [9.17, 15) is 19.2 Å². The fourth-order valence-corrected chi connectivity index (χ4v) is 4.87. The van der Waals surface area contributed by atoms with Gasteiger partial charge in [-0.2, -0.15) is 0 Å². The van der Waals surface area contributed by atoms with E-state index in [4.69, 9.17) is 0 Å². The number of anilines is 1. The molecule has 2 aromatic rings. The van der Waals surface area contributed by atoms with Crippen molar-refractivity contribution >= 4 is 40.7 Å². The molecule has 1 aromatic heterocycles. The number of fused-ring (bicyclic) bond motifs is 1. The largest absolute Gasteiger partial charge is 0.378 e. The molecule has 4 amide bonds. The minimum atomic E-state index is -0.629. The van der Waals surface area contributed by atoms with Gasteiger partial charge in [-0.1, -0.05) is 12.1 Å². The van der Waals surface area contributed by atoms with Crippen molar-refractivity contribution in [3.8, 4) is 0 Å². The third-order valence-corrected chi connectivity index (χ3v) is 6.68. The number of rotatable bonds is 6. The first kappa shape index (κ1) is 21.0. The molecule has 2 aliphatic rings. The van der Waals surface area contributed by atoms with Gasteiger partial charge in [0, 0.05) is 43.0 Å². The number of hydrogen-bond acceptors (Lipinski definition) is 6. The highest BCUT2D eigenvalue weighted by atomic mass is 32.1. The maximum Gasteiger partial charge on any atom is 0.256 e. The summed E-state index contributed by atoms with van der Waals surface area (Å²) >= 11 is 1.44. The number of nitrogens with one attached hydrogen (secondary N) is 2. The van der Waals surface area contributed by atoms with Crippen LogP contribution in [0.3, 0.4) is 0 Å². The second-order valence-electron chi connectivity index (χ2n) is 7.97. The number of carbonyl (C=O) groups is 4. The first-order valence-electron chi connectivity index (χ1n) is 10.1. The number of thiophene rings is 1. The lowest BCUT2D eigenvalue weighted by Crippen LogP contribution is -2.52. The molecule has 3 heterocycles. The van der Waals surface area contributed by atoms with Gasteiger partial charge in [0.2, 0.25) is 17.7 Å². The summed E-state index contributed by atoms with van der Waals surface area (Å²) < 4.78 is 0. The summed E-state index contributed by atoms with van der Waals surface area (Å²) in [5.74, 6) is -1.01. The van der Waals surface area contributed by atoms with Gasteiger partial charge in [-0.3, -0.25) is 24.5 Å². The van der Waals surface area contributed by atoms with E-state index in [-0.39, 0.29) is 30.6 Å². The third kappa shape index (κ3) is 4.32. The van der Waals surface area contributed by atoms with Crippen molar-refractivity contribution < 1.29 is 19.2 Å². The lowest BCUT2D eigenvalue weighted by Gasteiger charge is -2.29. The van der Waals surface area contributed by atoms with Crippen LogP contribution in [0.4, 0.5) is 5.69 Å². The van der Waals surface area contributed by atoms with Gasteiger partial charge in [0.25, 0.3) is 5.91 Å². The van der Waals surface area contributed by atoms with Crippen molar-refractivity contribution in [3.05, 3.63) is 51.2 Å². The van der Waals surface area contributed by atoms with Gasteiger partial charge in [-0.15, -0.1) is 11.3 Å². The van der Waals surface area contributed by atoms with E-state index in [0.29, 0.717) is 25.1 Å². The Bertz CT molecular complexity index is 1040. The summed E-state index contributed by atoms with van der Waals surface area (Å²) in [6.45, 7) is 0.659. The van der Waals surface area contributed by atoms with Crippen molar-refractivity contribution in [2.75, 3.05) is 19.0 Å². The van der Waals surface area contributed by atoms with E-state index >= 15 is 0 Å². The quantitative estimate of drug-likeness (QED) is 0.663. The molecule has 0 saturated carbocycles. The molecule has 162 valence electrons. The van der Waals surface area contributed by atoms with Gasteiger partial charge >= 0.3 is 0 Å². The maximum absolute atomic E-state index is 12.8. The van der Waals surface area contributed by atoms with Crippen LogP contribution >= 0.6 is 11.3 Å². The first-order chi connectivity index (χ1) is 14.8. The van der Waals surface area contributed by atoms with Crippen LogP contribution in [0.1, 0.15) is 39.2 Å². The van der Waals surface area contributed by atoms with Crippen LogP contribution in [-0.4, -0.2) is 48.7 Å². The molecule has 0 spiro atoms. The summed E-state index contributed by atoms with van der Waals surface area (Å²) in [5, 5.41) is 7.02. The number of piperidine rings is 1. The van der Waals surface area contributed by atoms with E-state index in [0.717, 1.165) is 21.7 Å². The first-order valence-corrected chi connectivity index (χ1v) is 11.0. The molecule has 8 nitrogen and oxygen atoms in total. The number of nitrogens with zero attached hydrogens (tertiary/aromatic N) is 2. The van der Waals surface area contributed by atoms with Gasteiger partial charge < -0.3 is 15.1 Å². The molecule has 0 radical (unpaired) electrons. The summed E-state index contributed by atoms with van der Waals surface area (Å²) in [6.07, 6.45) is 0.844. The Morgan fingerprint density at radius 2 is 1.97 bits per heavy atom. The van der Waals surface area contributed by atoms with Crippen LogP contribution in [0, 0.1) is 0 Å². The molecule has 31 heavy (non-hydrogen) atoms. The Balaban J connectivity index is 1.36. The SMILES string of the molecule is CN(C)c1ccc(CC(=O)NCc2scc3c2CN(C2CCC(=O)NC2=O)C3=O)cc1. The minimum absolute atomic E-state index is 0.0916. The molecule has 9 heteroatoms. The zero-order valence-corrected chi connectivity index (χ0v) is 18.3. The second-order valence-corrected chi connectivity index (χ2v) is 8.93. The van der Waals surface area contributed by atoms with E-state index < -0.39 is 11.9 Å². The maximum atomic E-state index is 12.8. The smallest absolute Gasteiger partial charge is 0.256 e. The normalized spacial score (nSPS) is 18.1. The number of carbonyl (C=O) groups excluding carboxylic acids is 4. The Labute approximate surface area is 184 Å². The average molecular weight is 441 g/mol. The Morgan fingerprint density at radius 3 is 2.65 bits per heavy atom. The number of hydrogen-bond donors (Lipinski definition) is 2. The van der Waals surface area contributed by atoms with Crippen molar-refractivity contribution in [3.63, 3.8) is 0 Å². The Morgan fingerprint density at radius 1 is 1.23 bits per heavy atom. The highest BCUT2D eigenvalue weighted by molar-refractivity contribution is 7.10. The molecule has 2 aliphatic heterocycles. The lowest BCUT2D eigenvalue weighted by molar-refractivity contribution is -0.137. The number of amides is 4. The Hall–Kier alpha value is -3.20. The molecular weight excluding hydrogens is 416 g/mol. The average Bonchev–Trinajstić information content (AvgIpc) is 3.27. The highest BCUT2D eigenvalue weighted by Gasteiger charge is 2.40. The van der Waals surface area contributed by atoms with Crippen LogP contribution in [0.15, 0.2) is 29.6 Å². The van der Waals surface area contributed by atoms with Gasteiger partial charge in [0.1, 0.15) is 6.04 Å². The number of imide groups is 1. The third-order valence-electron chi connectivity index (χ3n) is 5.65. The molecule has 1 unspecified atom stereocenters. The molecule has 1 atom stereocenters. The lowest BCUT2D eigenvalue weighted by atomic mass is 10.0. The van der Waals surface area contributed by atoms with E-state index in [1.807, 2.05) is 43.3 Å². The minimum Gasteiger partial charge on any atom is -0.378 e. The van der Waals surface area contributed by atoms with Gasteiger partial charge in [-0.05, 0) is 29.7 Å². The molecular formula is C22H24N4O4S. The fourth-order valence-electron chi connectivity index (χ4n) is 3.89. The summed E-state index contributed by atoms with van der Waals surface area (Å²) in [5.41, 5.74) is 3.44. The summed E-state index contributed by atoms with van der Waals surface area (Å²) in [6, 6.07) is 7.20. The Kier molecular flexibility index (Phi) is 5.77. The van der Waals surface area contributed by atoms with Crippen molar-refractivity contribution in [2.45, 2.75) is 38.4 Å². The molecule has 4 rings (SSSR count). The molecule has 0 bridgehead atoms. The molecule has 1 aromatic carbocycles. The molecule has 1 saturated heterocycles.